The summed E-state index contributed by atoms with van der Waals surface area (Å²) in [6.07, 6.45) is 0. The third-order valence-corrected chi connectivity index (χ3v) is 5.96. The Morgan fingerprint density at radius 1 is 1.15 bits per heavy atom. The van der Waals surface area contributed by atoms with Gasteiger partial charge >= 0.3 is 0 Å². The van der Waals surface area contributed by atoms with Crippen LogP contribution in [-0.4, -0.2) is 57.7 Å². The van der Waals surface area contributed by atoms with Crippen LogP contribution in [0, 0.1) is 22.9 Å². The molecule has 1 unspecified atom stereocenters. The van der Waals surface area contributed by atoms with Crippen LogP contribution in [0.4, 0.5) is 10.1 Å². The van der Waals surface area contributed by atoms with Gasteiger partial charge in [0, 0.05) is 30.8 Å². The van der Waals surface area contributed by atoms with E-state index >= 15 is 0 Å². The molecule has 0 radical (unpaired) electrons. The summed E-state index contributed by atoms with van der Waals surface area (Å²) >= 11 is 0. The van der Waals surface area contributed by atoms with E-state index in [1.807, 2.05) is 13.8 Å². The lowest BCUT2D eigenvalue weighted by atomic mass is 9.95. The summed E-state index contributed by atoms with van der Waals surface area (Å²) in [6, 6.07) is 8.60. The fraction of sp³-hybridized carbons (Fsp3) is 0.333. The molecule has 1 amide bonds. The Kier molecular flexibility index (Phi) is 7.23. The first-order chi connectivity index (χ1) is 15.7. The summed E-state index contributed by atoms with van der Waals surface area (Å²) in [5, 5.41) is 22.0. The maximum absolute atomic E-state index is 14.1. The van der Waals surface area contributed by atoms with Crippen molar-refractivity contribution in [1.82, 2.24) is 9.80 Å². The highest BCUT2D eigenvalue weighted by molar-refractivity contribution is 6.46. The van der Waals surface area contributed by atoms with E-state index in [0.717, 1.165) is 19.2 Å². The van der Waals surface area contributed by atoms with Gasteiger partial charge in [-0.3, -0.25) is 19.7 Å². The molecule has 3 rings (SSSR count). The number of non-ortho nitro benzene ring substituents is 1. The number of ketones is 1. The average Bonchev–Trinajstić information content (AvgIpc) is 3.06. The Balaban J connectivity index is 2.12. The smallest absolute Gasteiger partial charge is 0.295 e. The number of nitro benzene ring substituents is 1. The molecule has 174 valence electrons. The maximum Gasteiger partial charge on any atom is 0.295 e. The van der Waals surface area contributed by atoms with E-state index in [2.05, 4.69) is 4.90 Å². The van der Waals surface area contributed by atoms with Crippen LogP contribution in [0.1, 0.15) is 36.6 Å². The second kappa shape index (κ2) is 9.91. The fourth-order valence-electron chi connectivity index (χ4n) is 3.92. The lowest BCUT2D eigenvalue weighted by Gasteiger charge is -2.28. The first kappa shape index (κ1) is 24.1. The zero-order valence-electron chi connectivity index (χ0n) is 18.7. The first-order valence-electron chi connectivity index (χ1n) is 10.7. The lowest BCUT2D eigenvalue weighted by molar-refractivity contribution is -0.384. The number of amides is 1. The van der Waals surface area contributed by atoms with Gasteiger partial charge in [0.15, 0.2) is 0 Å². The highest BCUT2D eigenvalue weighted by atomic mass is 19.1. The highest BCUT2D eigenvalue weighted by Gasteiger charge is 2.46. The van der Waals surface area contributed by atoms with Crippen LogP contribution in [0.25, 0.3) is 5.76 Å². The molecule has 1 atom stereocenters. The third-order valence-electron chi connectivity index (χ3n) is 5.96. The minimum absolute atomic E-state index is 0.0757. The minimum atomic E-state index is -0.953. The molecule has 0 aromatic heterocycles. The number of likely N-dealkylation sites (N-methyl/N-ethyl adjacent to an activating group) is 1. The van der Waals surface area contributed by atoms with Crippen molar-refractivity contribution in [2.45, 2.75) is 26.8 Å². The van der Waals surface area contributed by atoms with E-state index in [9.17, 15) is 29.2 Å². The third kappa shape index (κ3) is 4.78. The molecule has 1 N–H and O–H groups in total. The molecule has 8 nitrogen and oxygen atoms in total. The van der Waals surface area contributed by atoms with Crippen LogP contribution in [0.2, 0.25) is 0 Å². The Hall–Kier alpha value is -3.59. The zero-order chi connectivity index (χ0) is 24.3. The van der Waals surface area contributed by atoms with E-state index < -0.39 is 34.2 Å². The Morgan fingerprint density at radius 2 is 1.79 bits per heavy atom. The molecule has 2 aromatic carbocycles. The van der Waals surface area contributed by atoms with E-state index in [-0.39, 0.29) is 23.4 Å². The van der Waals surface area contributed by atoms with Gasteiger partial charge in [0.25, 0.3) is 17.4 Å². The summed E-state index contributed by atoms with van der Waals surface area (Å²) in [7, 11) is 0. The van der Waals surface area contributed by atoms with Gasteiger partial charge in [-0.2, -0.15) is 0 Å². The molecule has 1 aliphatic rings. The van der Waals surface area contributed by atoms with Gasteiger partial charge in [-0.05, 0) is 49.3 Å². The summed E-state index contributed by atoms with van der Waals surface area (Å²) < 4.78 is 14.1. The van der Waals surface area contributed by atoms with E-state index in [1.165, 1.54) is 41.3 Å². The Bertz CT molecular complexity index is 1110. The molecular formula is C24H26FN3O5. The van der Waals surface area contributed by atoms with Crippen molar-refractivity contribution < 1.29 is 24.0 Å². The van der Waals surface area contributed by atoms with Crippen molar-refractivity contribution in [2.75, 3.05) is 26.2 Å². The normalized spacial score (nSPS) is 17.7. The molecule has 9 heteroatoms. The van der Waals surface area contributed by atoms with Gasteiger partial charge in [0.2, 0.25) is 0 Å². The van der Waals surface area contributed by atoms with Crippen molar-refractivity contribution in [2.24, 2.45) is 0 Å². The van der Waals surface area contributed by atoms with Gasteiger partial charge in [-0.15, -0.1) is 0 Å². The number of carbonyl (C=O) groups excluding carboxylic acids is 2. The van der Waals surface area contributed by atoms with Gasteiger partial charge in [-0.25, -0.2) is 4.39 Å². The molecule has 33 heavy (non-hydrogen) atoms. The summed E-state index contributed by atoms with van der Waals surface area (Å²) in [5.41, 5.74) is 0.578. The van der Waals surface area contributed by atoms with Crippen molar-refractivity contribution in [3.63, 3.8) is 0 Å². The van der Waals surface area contributed by atoms with Crippen LogP contribution < -0.4 is 0 Å². The number of benzene rings is 2. The first-order valence-corrected chi connectivity index (χ1v) is 10.7. The highest BCUT2D eigenvalue weighted by Crippen LogP contribution is 2.39. The minimum Gasteiger partial charge on any atom is -0.507 e. The molecular weight excluding hydrogens is 429 g/mol. The van der Waals surface area contributed by atoms with Crippen LogP contribution >= 0.6 is 0 Å². The SMILES string of the molecule is CCN(CC)CCN1C(=O)C(=O)/C(=C(\O)c2ccc(C)c(F)c2)C1c1ccc([N+](=O)[O-])cc1. The number of hydrogen-bond acceptors (Lipinski definition) is 6. The predicted octanol–water partition coefficient (Wildman–Crippen LogP) is 3.81. The number of halogens is 1. The molecule has 0 aliphatic carbocycles. The van der Waals surface area contributed by atoms with Crippen molar-refractivity contribution >= 4 is 23.1 Å². The van der Waals surface area contributed by atoms with Crippen LogP contribution in [0.3, 0.4) is 0 Å². The number of nitro groups is 1. The standard InChI is InChI=1S/C24H26FN3O5/c1-4-26(5-2)12-13-27-21(16-8-10-18(11-9-16)28(32)33)20(23(30)24(27)31)22(29)17-7-6-15(3)19(25)14-17/h6-11,14,21,29H,4-5,12-13H2,1-3H3/b22-20-. The molecule has 1 fully saturated rings. The van der Waals surface area contributed by atoms with Gasteiger partial charge in [0.05, 0.1) is 16.5 Å². The van der Waals surface area contributed by atoms with E-state index in [0.29, 0.717) is 17.7 Å². The van der Waals surface area contributed by atoms with Crippen molar-refractivity contribution in [3.8, 4) is 0 Å². The number of carbonyl (C=O) groups is 2. The topological polar surface area (TPSA) is 104 Å². The number of rotatable bonds is 8. The van der Waals surface area contributed by atoms with Crippen LogP contribution in [-0.2, 0) is 9.59 Å². The summed E-state index contributed by atoms with van der Waals surface area (Å²) in [6.45, 7) is 7.77. The molecule has 1 aliphatic heterocycles. The summed E-state index contributed by atoms with van der Waals surface area (Å²) in [5.74, 6) is -2.70. The largest absolute Gasteiger partial charge is 0.507 e. The second-order valence-electron chi connectivity index (χ2n) is 7.83. The van der Waals surface area contributed by atoms with Gasteiger partial charge in [0.1, 0.15) is 11.6 Å². The predicted molar refractivity (Wildman–Crippen MR) is 121 cm³/mol. The number of aliphatic hydroxyl groups excluding tert-OH is 1. The Labute approximate surface area is 191 Å². The van der Waals surface area contributed by atoms with Crippen LogP contribution in [0.5, 0.6) is 0 Å². The van der Waals surface area contributed by atoms with Crippen molar-refractivity contribution in [3.05, 3.63) is 80.7 Å². The fourth-order valence-corrected chi connectivity index (χ4v) is 3.92. The van der Waals surface area contributed by atoms with Crippen LogP contribution in [0.15, 0.2) is 48.0 Å². The maximum atomic E-state index is 14.1. The van der Waals surface area contributed by atoms with E-state index in [4.69, 9.17) is 0 Å². The molecule has 1 saturated heterocycles. The number of hydrogen-bond donors (Lipinski definition) is 1. The van der Waals surface area contributed by atoms with Gasteiger partial charge < -0.3 is 14.9 Å². The zero-order valence-corrected chi connectivity index (χ0v) is 18.7. The summed E-state index contributed by atoms with van der Waals surface area (Å²) in [4.78, 5) is 39.9. The molecule has 0 saturated carbocycles. The monoisotopic (exact) mass is 455 g/mol. The Morgan fingerprint density at radius 3 is 2.33 bits per heavy atom. The molecule has 0 bridgehead atoms. The lowest BCUT2D eigenvalue weighted by Crippen LogP contribution is -2.38. The van der Waals surface area contributed by atoms with E-state index in [1.54, 1.807) is 6.92 Å². The quantitative estimate of drug-likeness (QED) is 0.213. The second-order valence-corrected chi connectivity index (χ2v) is 7.83. The van der Waals surface area contributed by atoms with Gasteiger partial charge in [-0.1, -0.05) is 26.0 Å². The molecule has 1 heterocycles. The number of nitrogens with zero attached hydrogens (tertiary/aromatic N) is 3. The molecule has 0 spiro atoms. The van der Waals surface area contributed by atoms with Crippen molar-refractivity contribution in [1.29, 1.82) is 0 Å². The number of likely N-dealkylation sites (tertiary alicyclic amines) is 1. The number of aryl methyl sites for hydroxylation is 1. The number of aliphatic hydroxyl groups is 1. The molecule has 2 aromatic rings. The average molecular weight is 455 g/mol. The number of Topliss-reactive ketones (excluding diaryl/α,β-unsaturated/α-hetero) is 1.